The summed E-state index contributed by atoms with van der Waals surface area (Å²) in [4.78, 5) is 12.9. The minimum Gasteiger partial charge on any atom is -0.632 e. The van der Waals surface area contributed by atoms with E-state index in [-0.39, 0.29) is 10.6 Å². The van der Waals surface area contributed by atoms with Gasteiger partial charge in [-0.1, -0.05) is 23.2 Å². The van der Waals surface area contributed by atoms with E-state index in [1.54, 1.807) is 23.1 Å². The third-order valence-corrected chi connectivity index (χ3v) is 4.07. The maximum absolute atomic E-state index is 12.6. The molecule has 2 rings (SSSR count). The van der Waals surface area contributed by atoms with E-state index in [1.165, 1.54) is 6.92 Å². The molecule has 6 heteroatoms. The van der Waals surface area contributed by atoms with E-state index in [9.17, 15) is 10.0 Å². The van der Waals surface area contributed by atoms with Crippen molar-refractivity contribution in [2.24, 2.45) is 0 Å². The van der Waals surface area contributed by atoms with Crippen LogP contribution in [0.25, 0.3) is 0 Å². The topological polar surface area (TPSA) is 43.4 Å². The van der Waals surface area contributed by atoms with Crippen molar-refractivity contribution in [3.63, 3.8) is 0 Å². The molecule has 0 aliphatic carbocycles. The lowest BCUT2D eigenvalue weighted by Crippen LogP contribution is -2.56. The Morgan fingerprint density at radius 2 is 2.00 bits per heavy atom. The summed E-state index contributed by atoms with van der Waals surface area (Å²) in [6, 6.07) is 5.15. The number of quaternary nitrogens is 1. The molecule has 0 spiro atoms. The van der Waals surface area contributed by atoms with Crippen molar-refractivity contribution in [2.75, 3.05) is 26.2 Å². The van der Waals surface area contributed by atoms with Crippen molar-refractivity contribution in [2.45, 2.75) is 13.5 Å². The average Bonchev–Trinajstić information content (AvgIpc) is 2.34. The van der Waals surface area contributed by atoms with Gasteiger partial charge in [0.05, 0.1) is 26.2 Å². The van der Waals surface area contributed by atoms with Crippen LogP contribution in [0.5, 0.6) is 0 Å². The van der Waals surface area contributed by atoms with Gasteiger partial charge in [-0.2, -0.15) is 0 Å². The first-order valence-corrected chi connectivity index (χ1v) is 6.92. The molecule has 0 aromatic heterocycles. The van der Waals surface area contributed by atoms with Gasteiger partial charge in [-0.25, -0.2) is 0 Å². The van der Waals surface area contributed by atoms with Crippen LogP contribution >= 0.6 is 23.2 Å². The fourth-order valence-electron chi connectivity index (χ4n) is 2.28. The van der Waals surface area contributed by atoms with E-state index in [2.05, 4.69) is 0 Å². The van der Waals surface area contributed by atoms with E-state index in [1.807, 2.05) is 0 Å². The Balaban J connectivity index is 2.07. The lowest BCUT2D eigenvalue weighted by atomic mass is 10.2. The maximum atomic E-state index is 12.6. The first kappa shape index (κ1) is 14.6. The predicted molar refractivity (Wildman–Crippen MR) is 75.8 cm³/mol. The molecule has 0 radical (unpaired) electrons. The number of carbonyl (C=O) groups excluding carboxylic acids is 1. The molecule has 4 nitrogen and oxygen atoms in total. The van der Waals surface area contributed by atoms with Crippen LogP contribution in [0.1, 0.15) is 12.5 Å². The fraction of sp³-hybridized carbons (Fsp3) is 0.462. The number of amides is 1. The van der Waals surface area contributed by atoms with Crippen molar-refractivity contribution >= 4 is 29.1 Å². The minimum atomic E-state index is -0.357. The zero-order valence-corrected chi connectivity index (χ0v) is 12.2. The van der Waals surface area contributed by atoms with E-state index in [0.717, 1.165) is 5.56 Å². The summed E-state index contributed by atoms with van der Waals surface area (Å²) in [7, 11) is 0. The summed E-state index contributed by atoms with van der Waals surface area (Å²) in [5.74, 6) is 0.0204. The summed E-state index contributed by atoms with van der Waals surface area (Å²) < 4.78 is -0.357. The smallest absolute Gasteiger partial charge is 0.219 e. The Labute approximate surface area is 122 Å². The SMILES string of the molecule is CC(=O)N1CC[N+]([O-])(Cc2cc(Cl)ccc2Cl)CC1. The van der Waals surface area contributed by atoms with E-state index >= 15 is 0 Å². The number of carbonyl (C=O) groups is 1. The molecule has 1 aliphatic heterocycles. The maximum Gasteiger partial charge on any atom is 0.219 e. The number of rotatable bonds is 2. The van der Waals surface area contributed by atoms with Crippen molar-refractivity contribution in [3.8, 4) is 0 Å². The van der Waals surface area contributed by atoms with Gasteiger partial charge in [-0.3, -0.25) is 4.79 Å². The first-order valence-electron chi connectivity index (χ1n) is 6.16. The summed E-state index contributed by atoms with van der Waals surface area (Å²) >= 11 is 12.0. The molecule has 0 bridgehead atoms. The van der Waals surface area contributed by atoms with Gasteiger partial charge in [0.15, 0.2) is 0 Å². The van der Waals surface area contributed by atoms with Crippen LogP contribution in [0.15, 0.2) is 18.2 Å². The molecular weight excluding hydrogens is 287 g/mol. The molecule has 1 fully saturated rings. The Hall–Kier alpha value is -0.810. The second-order valence-electron chi connectivity index (χ2n) is 4.91. The van der Waals surface area contributed by atoms with Crippen molar-refractivity contribution in [1.29, 1.82) is 0 Å². The number of halogens is 2. The molecule has 1 amide bonds. The standard InChI is InChI=1S/C13H16Cl2N2O2/c1-10(18)16-4-6-17(19,7-5-16)9-11-8-12(14)2-3-13(11)15/h2-3,8H,4-7,9H2,1H3. The molecule has 0 saturated carbocycles. The first-order chi connectivity index (χ1) is 8.89. The highest BCUT2D eigenvalue weighted by molar-refractivity contribution is 6.33. The average molecular weight is 303 g/mol. The summed E-state index contributed by atoms with van der Waals surface area (Å²) in [6.07, 6.45) is 0. The molecular formula is C13H16Cl2N2O2. The van der Waals surface area contributed by atoms with Gasteiger partial charge >= 0.3 is 0 Å². The Kier molecular flexibility index (Phi) is 4.36. The zero-order valence-electron chi connectivity index (χ0n) is 10.7. The van der Waals surface area contributed by atoms with Crippen molar-refractivity contribution in [1.82, 2.24) is 4.90 Å². The number of hydroxylamine groups is 3. The summed E-state index contributed by atoms with van der Waals surface area (Å²) in [6.45, 7) is 3.60. The van der Waals surface area contributed by atoms with Crippen molar-refractivity contribution in [3.05, 3.63) is 39.0 Å². The normalized spacial score (nSPS) is 18.4. The second kappa shape index (κ2) is 5.67. The van der Waals surface area contributed by atoms with Crippen LogP contribution in [0.4, 0.5) is 0 Å². The van der Waals surface area contributed by atoms with Crippen LogP contribution < -0.4 is 0 Å². The van der Waals surface area contributed by atoms with Gasteiger partial charge < -0.3 is 14.8 Å². The molecule has 1 heterocycles. The van der Waals surface area contributed by atoms with E-state index in [4.69, 9.17) is 23.2 Å². The predicted octanol–water partition coefficient (Wildman–Crippen LogP) is 2.67. The number of piperazine rings is 1. The Morgan fingerprint density at radius 1 is 1.37 bits per heavy atom. The molecule has 1 saturated heterocycles. The van der Waals surface area contributed by atoms with Crippen LogP contribution in [0, 0.1) is 5.21 Å². The van der Waals surface area contributed by atoms with Crippen molar-refractivity contribution < 1.29 is 9.44 Å². The summed E-state index contributed by atoms with van der Waals surface area (Å²) in [5, 5.41) is 13.8. The zero-order chi connectivity index (χ0) is 14.0. The Bertz CT molecular complexity index is 486. The van der Waals surface area contributed by atoms with Crippen LogP contribution in [-0.4, -0.2) is 41.6 Å². The van der Waals surface area contributed by atoms with E-state index < -0.39 is 0 Å². The van der Waals surface area contributed by atoms with Gasteiger partial charge in [0.2, 0.25) is 5.91 Å². The van der Waals surface area contributed by atoms with Gasteiger partial charge in [0, 0.05) is 22.5 Å². The molecule has 0 atom stereocenters. The van der Waals surface area contributed by atoms with E-state index in [0.29, 0.717) is 42.8 Å². The van der Waals surface area contributed by atoms with Gasteiger partial charge in [0.1, 0.15) is 6.54 Å². The third-order valence-electron chi connectivity index (χ3n) is 3.47. The fourth-order valence-corrected chi connectivity index (χ4v) is 2.65. The Morgan fingerprint density at radius 3 is 2.58 bits per heavy atom. The molecule has 0 unspecified atom stereocenters. The highest BCUT2D eigenvalue weighted by atomic mass is 35.5. The second-order valence-corrected chi connectivity index (χ2v) is 5.75. The quantitative estimate of drug-likeness (QED) is 0.623. The number of hydrogen-bond donors (Lipinski definition) is 0. The van der Waals surface area contributed by atoms with Gasteiger partial charge in [0.25, 0.3) is 0 Å². The van der Waals surface area contributed by atoms with Gasteiger partial charge in [-0.15, -0.1) is 0 Å². The minimum absolute atomic E-state index is 0.0204. The van der Waals surface area contributed by atoms with Gasteiger partial charge in [-0.05, 0) is 18.2 Å². The number of hydrogen-bond acceptors (Lipinski definition) is 2. The lowest BCUT2D eigenvalue weighted by Gasteiger charge is -2.48. The summed E-state index contributed by atoms with van der Waals surface area (Å²) in [5.41, 5.74) is 0.764. The largest absolute Gasteiger partial charge is 0.632 e. The number of benzene rings is 1. The van der Waals surface area contributed by atoms with Crippen LogP contribution in [-0.2, 0) is 11.3 Å². The molecule has 0 N–H and O–H groups in total. The lowest BCUT2D eigenvalue weighted by molar-refractivity contribution is -0.897. The molecule has 19 heavy (non-hydrogen) atoms. The highest BCUT2D eigenvalue weighted by Crippen LogP contribution is 2.25. The third kappa shape index (κ3) is 3.60. The van der Waals surface area contributed by atoms with Crippen LogP contribution in [0.2, 0.25) is 10.0 Å². The monoisotopic (exact) mass is 302 g/mol. The highest BCUT2D eigenvalue weighted by Gasteiger charge is 2.27. The van der Waals surface area contributed by atoms with Crippen LogP contribution in [0.3, 0.4) is 0 Å². The molecule has 1 aliphatic rings. The molecule has 1 aromatic rings. The molecule has 1 aromatic carbocycles. The molecule has 104 valence electrons. The number of nitrogens with zero attached hydrogens (tertiary/aromatic N) is 2.